The van der Waals surface area contributed by atoms with Crippen molar-refractivity contribution in [1.82, 2.24) is 19.7 Å². The van der Waals surface area contributed by atoms with E-state index in [9.17, 15) is 14.5 Å². The lowest BCUT2D eigenvalue weighted by atomic mass is 10.2. The molecule has 112 valence electrons. The molecule has 2 aromatic heterocycles. The van der Waals surface area contributed by atoms with Gasteiger partial charge in [-0.25, -0.2) is 14.1 Å². The Morgan fingerprint density at radius 1 is 1.41 bits per heavy atom. The third-order valence-electron chi connectivity index (χ3n) is 3.03. The fraction of sp³-hybridized carbons (Fsp3) is 0.0833. The van der Waals surface area contributed by atoms with Crippen LogP contribution in [-0.2, 0) is 6.54 Å². The molecule has 0 saturated carbocycles. The summed E-state index contributed by atoms with van der Waals surface area (Å²) in [6.45, 7) is 0.0279. The first-order chi connectivity index (χ1) is 10.5. The van der Waals surface area contributed by atoms with Crippen LogP contribution < -0.4 is 5.73 Å². The van der Waals surface area contributed by atoms with Crippen LogP contribution in [0.2, 0.25) is 5.15 Å². The fourth-order valence-corrected chi connectivity index (χ4v) is 2.21. The number of halogens is 2. The normalized spacial score (nSPS) is 11.0. The summed E-state index contributed by atoms with van der Waals surface area (Å²) in [6.07, 6.45) is 1.44. The van der Waals surface area contributed by atoms with Crippen molar-refractivity contribution in [3.63, 3.8) is 0 Å². The summed E-state index contributed by atoms with van der Waals surface area (Å²) in [5.74, 6) is -0.727. The number of rotatable bonds is 3. The fourth-order valence-electron chi connectivity index (χ4n) is 1.99. The predicted octanol–water partition coefficient (Wildman–Crippen LogP) is 2.16. The molecule has 0 unspecified atom stereocenters. The highest BCUT2D eigenvalue weighted by Crippen LogP contribution is 2.22. The van der Waals surface area contributed by atoms with E-state index in [4.69, 9.17) is 17.3 Å². The van der Waals surface area contributed by atoms with E-state index in [1.807, 2.05) is 0 Å². The number of anilines is 1. The van der Waals surface area contributed by atoms with Gasteiger partial charge < -0.3 is 5.73 Å². The van der Waals surface area contributed by atoms with Gasteiger partial charge >= 0.3 is 0 Å². The summed E-state index contributed by atoms with van der Waals surface area (Å²) in [7, 11) is 0. The van der Waals surface area contributed by atoms with E-state index in [1.54, 1.807) is 0 Å². The monoisotopic (exact) mass is 322 g/mol. The zero-order valence-electron chi connectivity index (χ0n) is 10.9. The van der Waals surface area contributed by atoms with Crippen LogP contribution in [0.3, 0.4) is 0 Å². The van der Waals surface area contributed by atoms with E-state index in [0.717, 1.165) is 6.07 Å². The van der Waals surface area contributed by atoms with Gasteiger partial charge in [-0.15, -0.1) is 0 Å². The summed E-state index contributed by atoms with van der Waals surface area (Å²) in [5, 5.41) is 15.3. The van der Waals surface area contributed by atoms with Crippen LogP contribution >= 0.6 is 11.6 Å². The number of hydrogen-bond donors (Lipinski definition) is 1. The van der Waals surface area contributed by atoms with Gasteiger partial charge in [0, 0.05) is 11.6 Å². The Kier molecular flexibility index (Phi) is 3.33. The molecule has 0 amide bonds. The molecule has 3 rings (SSSR count). The van der Waals surface area contributed by atoms with Crippen molar-refractivity contribution >= 4 is 34.3 Å². The molecule has 1 aromatic carbocycles. The second kappa shape index (κ2) is 5.19. The molecule has 2 heterocycles. The number of nitrogen functional groups attached to an aromatic ring is 1. The first-order valence-electron chi connectivity index (χ1n) is 6.03. The highest BCUT2D eigenvalue weighted by atomic mass is 35.5. The van der Waals surface area contributed by atoms with Gasteiger partial charge in [0.2, 0.25) is 5.95 Å². The number of benzene rings is 1. The smallest absolute Gasteiger partial charge is 0.272 e. The number of fused-ring (bicyclic) bond motifs is 1. The van der Waals surface area contributed by atoms with Crippen LogP contribution in [-0.4, -0.2) is 24.7 Å². The van der Waals surface area contributed by atoms with Crippen molar-refractivity contribution < 1.29 is 9.31 Å². The zero-order valence-corrected chi connectivity index (χ0v) is 11.7. The molecule has 0 fully saturated rings. The Bertz CT molecular complexity index is 897. The van der Waals surface area contributed by atoms with E-state index in [0.29, 0.717) is 11.0 Å². The molecule has 0 spiro atoms. The van der Waals surface area contributed by atoms with Crippen LogP contribution in [0.15, 0.2) is 24.4 Å². The van der Waals surface area contributed by atoms with Gasteiger partial charge in [0.25, 0.3) is 5.69 Å². The lowest BCUT2D eigenvalue weighted by Crippen LogP contribution is -2.06. The SMILES string of the molecule is Nc1nc(Cl)c2cnn(Cc3ccc([N+](=O)[O-])cc3F)c2n1. The van der Waals surface area contributed by atoms with Crippen molar-refractivity contribution in [2.45, 2.75) is 6.54 Å². The second-order valence-electron chi connectivity index (χ2n) is 4.44. The van der Waals surface area contributed by atoms with Crippen LogP contribution in [0.25, 0.3) is 11.0 Å². The highest BCUT2D eigenvalue weighted by Gasteiger charge is 2.14. The van der Waals surface area contributed by atoms with E-state index in [2.05, 4.69) is 15.1 Å². The first-order valence-corrected chi connectivity index (χ1v) is 6.41. The molecule has 0 aliphatic heterocycles. The third kappa shape index (κ3) is 2.42. The molecule has 0 saturated heterocycles. The van der Waals surface area contributed by atoms with Crippen molar-refractivity contribution in [2.24, 2.45) is 0 Å². The molecule has 0 aliphatic rings. The molecule has 8 nitrogen and oxygen atoms in total. The lowest BCUT2D eigenvalue weighted by Gasteiger charge is -2.05. The molecular formula is C12H8ClFN6O2. The standard InChI is InChI=1S/C12H8ClFN6O2/c13-10-8-4-16-19(11(8)18-12(15)17-10)5-6-1-2-7(20(21)22)3-9(6)14/h1-4H,5H2,(H2,15,17,18). The number of hydrogen-bond acceptors (Lipinski definition) is 6. The molecule has 2 N–H and O–H groups in total. The van der Waals surface area contributed by atoms with E-state index < -0.39 is 10.7 Å². The van der Waals surface area contributed by atoms with Crippen LogP contribution in [0.4, 0.5) is 16.0 Å². The van der Waals surface area contributed by atoms with Gasteiger partial charge in [0.15, 0.2) is 5.65 Å². The van der Waals surface area contributed by atoms with Gasteiger partial charge in [-0.1, -0.05) is 11.6 Å². The number of nitro benzene ring substituents is 1. The number of aromatic nitrogens is 4. The molecule has 10 heteroatoms. The molecule has 0 bridgehead atoms. The van der Waals surface area contributed by atoms with E-state index in [-0.39, 0.29) is 28.9 Å². The zero-order chi connectivity index (χ0) is 15.9. The van der Waals surface area contributed by atoms with Gasteiger partial charge in [-0.3, -0.25) is 10.1 Å². The summed E-state index contributed by atoms with van der Waals surface area (Å²) in [4.78, 5) is 17.8. The highest BCUT2D eigenvalue weighted by molar-refractivity contribution is 6.34. The lowest BCUT2D eigenvalue weighted by molar-refractivity contribution is -0.385. The second-order valence-corrected chi connectivity index (χ2v) is 4.80. The quantitative estimate of drug-likeness (QED) is 0.449. The third-order valence-corrected chi connectivity index (χ3v) is 3.32. The Morgan fingerprint density at radius 3 is 2.86 bits per heavy atom. The average Bonchev–Trinajstić information content (AvgIpc) is 2.84. The molecule has 22 heavy (non-hydrogen) atoms. The number of non-ortho nitro benzene ring substituents is 1. The Morgan fingerprint density at radius 2 is 2.18 bits per heavy atom. The minimum atomic E-state index is -0.703. The minimum Gasteiger partial charge on any atom is -0.368 e. The Balaban J connectivity index is 2.02. The number of nitro groups is 1. The van der Waals surface area contributed by atoms with Crippen molar-refractivity contribution in [3.8, 4) is 0 Å². The van der Waals surface area contributed by atoms with E-state index in [1.165, 1.54) is 23.0 Å². The summed E-state index contributed by atoms with van der Waals surface area (Å²) < 4.78 is 15.3. The topological polar surface area (TPSA) is 113 Å². The van der Waals surface area contributed by atoms with Crippen LogP contribution in [0.1, 0.15) is 5.56 Å². The number of nitrogens with zero attached hydrogens (tertiary/aromatic N) is 5. The Hall–Kier alpha value is -2.81. The van der Waals surface area contributed by atoms with Crippen molar-refractivity contribution in [2.75, 3.05) is 5.73 Å². The molecular weight excluding hydrogens is 315 g/mol. The van der Waals surface area contributed by atoms with E-state index >= 15 is 0 Å². The van der Waals surface area contributed by atoms with Gasteiger partial charge in [-0.2, -0.15) is 10.1 Å². The summed E-state index contributed by atoms with van der Waals surface area (Å²) in [5.41, 5.74) is 5.80. The van der Waals surface area contributed by atoms with Gasteiger partial charge in [0.05, 0.1) is 29.1 Å². The maximum Gasteiger partial charge on any atom is 0.272 e. The summed E-state index contributed by atoms with van der Waals surface area (Å²) in [6, 6.07) is 3.41. The van der Waals surface area contributed by atoms with Crippen molar-refractivity contribution in [3.05, 3.63) is 51.0 Å². The van der Waals surface area contributed by atoms with Crippen molar-refractivity contribution in [1.29, 1.82) is 0 Å². The average molecular weight is 323 g/mol. The van der Waals surface area contributed by atoms with Gasteiger partial charge in [0.1, 0.15) is 11.0 Å². The molecule has 0 atom stereocenters. The Labute approximate surface area is 127 Å². The maximum absolute atomic E-state index is 13.9. The molecule has 0 aliphatic carbocycles. The van der Waals surface area contributed by atoms with Gasteiger partial charge in [-0.05, 0) is 6.07 Å². The maximum atomic E-state index is 13.9. The predicted molar refractivity (Wildman–Crippen MR) is 76.9 cm³/mol. The van der Waals surface area contributed by atoms with Crippen LogP contribution in [0.5, 0.6) is 0 Å². The molecule has 3 aromatic rings. The summed E-state index contributed by atoms with van der Waals surface area (Å²) >= 11 is 5.93. The first kappa shape index (κ1) is 14.1. The molecule has 0 radical (unpaired) electrons. The minimum absolute atomic E-state index is 0.0246. The van der Waals surface area contributed by atoms with Crippen LogP contribution in [0, 0.1) is 15.9 Å². The largest absolute Gasteiger partial charge is 0.368 e. The number of nitrogens with two attached hydrogens (primary N) is 1.